The number of oxazole rings is 1. The van der Waals surface area contributed by atoms with Crippen LogP contribution in [0.2, 0.25) is 0 Å². The molecule has 1 unspecified atom stereocenters. The fourth-order valence-electron chi connectivity index (χ4n) is 1.52. The van der Waals surface area contributed by atoms with Crippen molar-refractivity contribution in [1.29, 1.82) is 0 Å². The minimum atomic E-state index is -4.59. The van der Waals surface area contributed by atoms with Crippen LogP contribution in [0.3, 0.4) is 0 Å². The molecule has 4 nitrogen and oxygen atoms in total. The number of rotatable bonds is 1. The van der Waals surface area contributed by atoms with Crippen molar-refractivity contribution in [2.45, 2.75) is 12.6 Å². The maximum atomic E-state index is 12.3. The third kappa shape index (κ3) is 2.11. The fourth-order valence-corrected chi connectivity index (χ4v) is 1.52. The number of amides is 1. The summed E-state index contributed by atoms with van der Waals surface area (Å²) in [5, 5.41) is 0. The summed E-state index contributed by atoms with van der Waals surface area (Å²) in [4.78, 5) is 15.7. The minimum Gasteiger partial charge on any atom is -0.431 e. The zero-order chi connectivity index (χ0) is 12.6. The largest absolute Gasteiger partial charge is 0.436 e. The number of anilines is 1. The monoisotopic (exact) mass is 244 g/mol. The lowest BCUT2D eigenvalue weighted by Crippen LogP contribution is -2.24. The van der Waals surface area contributed by atoms with Gasteiger partial charge in [-0.2, -0.15) is 18.2 Å². The molecule has 0 spiro atoms. The van der Waals surface area contributed by atoms with Gasteiger partial charge in [0.05, 0.1) is 0 Å². The number of carbonyl (C=O) groups is 1. The number of alkyl halides is 3. The molecular weight excluding hydrogens is 237 g/mol. The number of terminal acetylenes is 1. The number of nitrogens with zero attached hydrogens (tertiary/aromatic N) is 2. The van der Waals surface area contributed by atoms with Gasteiger partial charge in [-0.25, -0.2) is 0 Å². The lowest BCUT2D eigenvalue weighted by atomic mass is 10.1. The van der Waals surface area contributed by atoms with Crippen LogP contribution in [0.4, 0.5) is 19.2 Å². The van der Waals surface area contributed by atoms with Crippen molar-refractivity contribution in [1.82, 2.24) is 4.98 Å². The third-order valence-corrected chi connectivity index (χ3v) is 2.37. The highest BCUT2D eigenvalue weighted by atomic mass is 19.4. The summed E-state index contributed by atoms with van der Waals surface area (Å²) in [6, 6.07) is -0.361. The molecule has 17 heavy (non-hydrogen) atoms. The van der Waals surface area contributed by atoms with Gasteiger partial charge in [-0.1, -0.05) is 0 Å². The smallest absolute Gasteiger partial charge is 0.431 e. The summed E-state index contributed by atoms with van der Waals surface area (Å²) in [6.07, 6.45) is 1.14. The lowest BCUT2D eigenvalue weighted by molar-refractivity contribution is -0.141. The quantitative estimate of drug-likeness (QED) is 0.706. The Bertz CT molecular complexity index is 486. The summed E-state index contributed by atoms with van der Waals surface area (Å²) in [6.45, 7) is 0.132. The molecule has 90 valence electrons. The molecule has 7 heteroatoms. The molecule has 1 saturated heterocycles. The molecule has 1 amide bonds. The number of hydrogen-bond donors (Lipinski definition) is 0. The van der Waals surface area contributed by atoms with Crippen LogP contribution in [-0.2, 0) is 11.0 Å². The number of halogens is 3. The molecule has 1 aromatic rings. The summed E-state index contributed by atoms with van der Waals surface area (Å²) in [7, 11) is 0. The standard InChI is InChI=1S/C10H7F3N2O2/c1-2-6-3-8(16)15(4-6)9-14-7(5-17-9)10(11,12)13/h1,5-6H,3-4H2. The first kappa shape index (κ1) is 11.5. The Hall–Kier alpha value is -1.97. The van der Waals surface area contributed by atoms with Gasteiger partial charge in [0.2, 0.25) is 5.91 Å². The molecule has 0 bridgehead atoms. The molecule has 1 atom stereocenters. The Morgan fingerprint density at radius 2 is 2.29 bits per heavy atom. The van der Waals surface area contributed by atoms with Crippen molar-refractivity contribution in [2.24, 2.45) is 5.92 Å². The van der Waals surface area contributed by atoms with Gasteiger partial charge in [-0.3, -0.25) is 9.69 Å². The van der Waals surface area contributed by atoms with Gasteiger partial charge in [-0.15, -0.1) is 12.3 Å². The number of hydrogen-bond acceptors (Lipinski definition) is 3. The topological polar surface area (TPSA) is 46.3 Å². The second-order valence-electron chi connectivity index (χ2n) is 3.59. The van der Waals surface area contributed by atoms with Gasteiger partial charge in [0.15, 0.2) is 5.69 Å². The van der Waals surface area contributed by atoms with Gasteiger partial charge >= 0.3 is 12.2 Å². The van der Waals surface area contributed by atoms with E-state index in [1.165, 1.54) is 0 Å². The highest BCUT2D eigenvalue weighted by molar-refractivity contribution is 5.94. The molecule has 0 aromatic carbocycles. The van der Waals surface area contributed by atoms with Crippen molar-refractivity contribution in [3.05, 3.63) is 12.0 Å². The van der Waals surface area contributed by atoms with E-state index in [2.05, 4.69) is 15.3 Å². The third-order valence-electron chi connectivity index (χ3n) is 2.37. The Labute approximate surface area is 94.4 Å². The Morgan fingerprint density at radius 3 is 2.76 bits per heavy atom. The maximum absolute atomic E-state index is 12.3. The van der Waals surface area contributed by atoms with Crippen LogP contribution in [0.15, 0.2) is 10.7 Å². The fraction of sp³-hybridized carbons (Fsp3) is 0.400. The van der Waals surface area contributed by atoms with E-state index in [-0.39, 0.29) is 30.8 Å². The molecule has 0 aliphatic carbocycles. The molecular formula is C10H7F3N2O2. The van der Waals surface area contributed by atoms with Gasteiger partial charge in [0.25, 0.3) is 0 Å². The molecule has 1 aromatic heterocycles. The van der Waals surface area contributed by atoms with Gasteiger partial charge in [-0.05, 0) is 0 Å². The maximum Gasteiger partial charge on any atom is 0.436 e. The van der Waals surface area contributed by atoms with Crippen molar-refractivity contribution in [2.75, 3.05) is 11.4 Å². The van der Waals surface area contributed by atoms with Crippen molar-refractivity contribution >= 4 is 11.9 Å². The van der Waals surface area contributed by atoms with E-state index in [0.717, 1.165) is 4.90 Å². The molecule has 2 rings (SSSR count). The van der Waals surface area contributed by atoms with E-state index < -0.39 is 11.9 Å². The zero-order valence-corrected chi connectivity index (χ0v) is 8.49. The predicted molar refractivity (Wildman–Crippen MR) is 50.8 cm³/mol. The first-order valence-corrected chi connectivity index (χ1v) is 4.71. The molecule has 0 N–H and O–H groups in total. The average Bonchev–Trinajstić information content (AvgIpc) is 2.82. The Morgan fingerprint density at radius 1 is 1.59 bits per heavy atom. The predicted octanol–water partition coefficient (Wildman–Crippen LogP) is 1.68. The number of carbonyl (C=O) groups excluding carboxylic acids is 1. The van der Waals surface area contributed by atoms with Crippen LogP contribution in [0.25, 0.3) is 0 Å². The molecule has 1 aliphatic heterocycles. The highest BCUT2D eigenvalue weighted by Gasteiger charge is 2.38. The highest BCUT2D eigenvalue weighted by Crippen LogP contribution is 2.31. The van der Waals surface area contributed by atoms with E-state index >= 15 is 0 Å². The SMILES string of the molecule is C#CC1CC(=O)N(c2nc(C(F)(F)F)co2)C1. The van der Waals surface area contributed by atoms with Crippen LogP contribution in [0, 0.1) is 18.3 Å². The van der Waals surface area contributed by atoms with Gasteiger partial charge < -0.3 is 4.42 Å². The van der Waals surface area contributed by atoms with E-state index in [0.29, 0.717) is 6.26 Å². The second kappa shape index (κ2) is 3.80. The normalized spacial score (nSPS) is 20.7. The van der Waals surface area contributed by atoms with E-state index in [1.807, 2.05) is 0 Å². The van der Waals surface area contributed by atoms with Crippen LogP contribution >= 0.6 is 0 Å². The summed E-state index contributed by atoms with van der Waals surface area (Å²) < 4.78 is 41.5. The Kier molecular flexibility index (Phi) is 2.58. The van der Waals surface area contributed by atoms with Crippen LogP contribution in [0.1, 0.15) is 12.1 Å². The summed E-state index contributed by atoms with van der Waals surface area (Å²) >= 11 is 0. The lowest BCUT2D eigenvalue weighted by Gasteiger charge is -2.09. The molecule has 0 saturated carbocycles. The first-order chi connectivity index (χ1) is 7.91. The van der Waals surface area contributed by atoms with Gasteiger partial charge in [0.1, 0.15) is 6.26 Å². The first-order valence-electron chi connectivity index (χ1n) is 4.71. The van der Waals surface area contributed by atoms with Crippen LogP contribution < -0.4 is 4.90 Å². The van der Waals surface area contributed by atoms with Crippen molar-refractivity contribution in [3.63, 3.8) is 0 Å². The van der Waals surface area contributed by atoms with E-state index in [4.69, 9.17) is 6.42 Å². The zero-order valence-electron chi connectivity index (χ0n) is 8.49. The summed E-state index contributed by atoms with van der Waals surface area (Å²) in [5.74, 6) is 1.68. The van der Waals surface area contributed by atoms with Crippen molar-refractivity contribution in [3.8, 4) is 12.3 Å². The molecule has 1 fully saturated rings. The van der Waals surface area contributed by atoms with E-state index in [9.17, 15) is 18.0 Å². The van der Waals surface area contributed by atoms with E-state index in [1.54, 1.807) is 0 Å². The second-order valence-corrected chi connectivity index (χ2v) is 3.59. The molecule has 0 radical (unpaired) electrons. The van der Waals surface area contributed by atoms with Crippen LogP contribution in [0.5, 0.6) is 0 Å². The average molecular weight is 244 g/mol. The summed E-state index contributed by atoms with van der Waals surface area (Å²) in [5.41, 5.74) is -1.16. The molecule has 1 aliphatic rings. The van der Waals surface area contributed by atoms with Gasteiger partial charge in [0, 0.05) is 18.9 Å². The van der Waals surface area contributed by atoms with Crippen LogP contribution in [-0.4, -0.2) is 17.4 Å². The molecule has 2 heterocycles. The Balaban J connectivity index is 2.22. The minimum absolute atomic E-state index is 0.0975. The number of aromatic nitrogens is 1. The van der Waals surface area contributed by atoms with Crippen molar-refractivity contribution < 1.29 is 22.4 Å².